The van der Waals surface area contributed by atoms with Crippen molar-refractivity contribution in [2.24, 2.45) is 0 Å². The minimum atomic E-state index is -0.472. The Bertz CT molecular complexity index is 274. The van der Waals surface area contributed by atoms with Gasteiger partial charge in [0.1, 0.15) is 5.01 Å². The molecule has 1 atom stereocenters. The van der Waals surface area contributed by atoms with E-state index in [1.807, 2.05) is 6.07 Å². The molecule has 3 nitrogen and oxygen atoms in total. The molecule has 0 spiro atoms. The SMILES string of the molecule is CC(O)c1cnc(CC#N)s1. The summed E-state index contributed by atoms with van der Waals surface area (Å²) in [4.78, 5) is 4.78. The van der Waals surface area contributed by atoms with Crippen LogP contribution < -0.4 is 0 Å². The van der Waals surface area contributed by atoms with Crippen LogP contribution >= 0.6 is 11.3 Å². The predicted molar refractivity (Wildman–Crippen MR) is 42.1 cm³/mol. The molecule has 0 aliphatic heterocycles. The number of aliphatic hydroxyl groups is 1. The third kappa shape index (κ3) is 2.00. The molecule has 1 aromatic rings. The highest BCUT2D eigenvalue weighted by atomic mass is 32.1. The van der Waals surface area contributed by atoms with E-state index in [1.165, 1.54) is 11.3 Å². The van der Waals surface area contributed by atoms with E-state index in [9.17, 15) is 0 Å². The van der Waals surface area contributed by atoms with Gasteiger partial charge in [0.25, 0.3) is 0 Å². The van der Waals surface area contributed by atoms with E-state index < -0.39 is 6.10 Å². The summed E-state index contributed by atoms with van der Waals surface area (Å²) < 4.78 is 0. The van der Waals surface area contributed by atoms with E-state index in [0.717, 1.165) is 9.88 Å². The van der Waals surface area contributed by atoms with Crippen LogP contribution in [-0.4, -0.2) is 10.1 Å². The van der Waals surface area contributed by atoms with Crippen molar-refractivity contribution in [3.8, 4) is 6.07 Å². The predicted octanol–water partition coefficient (Wildman–Crippen LogP) is 1.26. The molecular weight excluding hydrogens is 160 g/mol. The molecule has 58 valence electrons. The second-order valence-electron chi connectivity index (χ2n) is 2.17. The molecule has 0 aliphatic carbocycles. The Morgan fingerprint density at radius 3 is 3.09 bits per heavy atom. The maximum atomic E-state index is 9.09. The molecule has 1 aromatic heterocycles. The van der Waals surface area contributed by atoms with Gasteiger partial charge in [-0.15, -0.1) is 11.3 Å². The smallest absolute Gasteiger partial charge is 0.107 e. The van der Waals surface area contributed by atoms with Gasteiger partial charge in [-0.05, 0) is 6.92 Å². The summed E-state index contributed by atoms with van der Waals surface area (Å²) in [6.07, 6.45) is 1.47. The number of aliphatic hydroxyl groups excluding tert-OH is 1. The zero-order chi connectivity index (χ0) is 8.27. The van der Waals surface area contributed by atoms with Gasteiger partial charge >= 0.3 is 0 Å². The second-order valence-corrected chi connectivity index (χ2v) is 3.31. The highest BCUT2D eigenvalue weighted by molar-refractivity contribution is 7.11. The molecular formula is C7H8N2OS. The van der Waals surface area contributed by atoms with Crippen LogP contribution in [0.15, 0.2) is 6.20 Å². The minimum Gasteiger partial charge on any atom is -0.388 e. The van der Waals surface area contributed by atoms with Crippen LogP contribution in [0.5, 0.6) is 0 Å². The van der Waals surface area contributed by atoms with Gasteiger partial charge in [-0.3, -0.25) is 0 Å². The van der Waals surface area contributed by atoms with Gasteiger partial charge in [0.05, 0.1) is 23.5 Å². The molecule has 0 fully saturated rings. The summed E-state index contributed by atoms with van der Waals surface area (Å²) in [6.45, 7) is 1.68. The summed E-state index contributed by atoms with van der Waals surface area (Å²) in [7, 11) is 0. The van der Waals surface area contributed by atoms with Crippen LogP contribution in [0.25, 0.3) is 0 Å². The highest BCUT2D eigenvalue weighted by Crippen LogP contribution is 2.19. The Morgan fingerprint density at radius 1 is 1.91 bits per heavy atom. The van der Waals surface area contributed by atoms with Gasteiger partial charge < -0.3 is 5.11 Å². The van der Waals surface area contributed by atoms with E-state index in [0.29, 0.717) is 6.42 Å². The van der Waals surface area contributed by atoms with Gasteiger partial charge in [0.15, 0.2) is 0 Å². The Labute approximate surface area is 68.9 Å². The summed E-state index contributed by atoms with van der Waals surface area (Å²) in [5.74, 6) is 0. The zero-order valence-electron chi connectivity index (χ0n) is 6.11. The molecule has 1 unspecified atom stereocenters. The van der Waals surface area contributed by atoms with Crippen LogP contribution in [-0.2, 0) is 6.42 Å². The van der Waals surface area contributed by atoms with Crippen molar-refractivity contribution in [1.29, 1.82) is 5.26 Å². The van der Waals surface area contributed by atoms with Crippen molar-refractivity contribution in [2.75, 3.05) is 0 Å². The monoisotopic (exact) mass is 168 g/mol. The Kier molecular flexibility index (Phi) is 2.58. The maximum absolute atomic E-state index is 9.09. The molecule has 0 radical (unpaired) electrons. The number of hydrogen-bond acceptors (Lipinski definition) is 4. The fourth-order valence-electron chi connectivity index (χ4n) is 0.667. The van der Waals surface area contributed by atoms with Crippen LogP contribution in [0.1, 0.15) is 22.9 Å². The quantitative estimate of drug-likeness (QED) is 0.723. The van der Waals surface area contributed by atoms with E-state index in [4.69, 9.17) is 10.4 Å². The van der Waals surface area contributed by atoms with Gasteiger partial charge in [0.2, 0.25) is 0 Å². The number of thiazole rings is 1. The van der Waals surface area contributed by atoms with Crippen LogP contribution in [0.4, 0.5) is 0 Å². The average Bonchev–Trinajstić information content (AvgIpc) is 2.37. The van der Waals surface area contributed by atoms with Crippen LogP contribution in [0.2, 0.25) is 0 Å². The van der Waals surface area contributed by atoms with Gasteiger partial charge in [0, 0.05) is 6.20 Å². The maximum Gasteiger partial charge on any atom is 0.107 e. The van der Waals surface area contributed by atoms with E-state index >= 15 is 0 Å². The fraction of sp³-hybridized carbons (Fsp3) is 0.429. The average molecular weight is 168 g/mol. The van der Waals surface area contributed by atoms with E-state index in [1.54, 1.807) is 13.1 Å². The number of rotatable bonds is 2. The topological polar surface area (TPSA) is 56.9 Å². The molecule has 0 saturated carbocycles. The second kappa shape index (κ2) is 3.46. The Morgan fingerprint density at radius 2 is 2.64 bits per heavy atom. The molecule has 0 saturated heterocycles. The molecule has 0 amide bonds. The Balaban J connectivity index is 2.75. The van der Waals surface area contributed by atoms with Crippen molar-refractivity contribution < 1.29 is 5.11 Å². The van der Waals surface area contributed by atoms with E-state index in [-0.39, 0.29) is 0 Å². The first-order chi connectivity index (χ1) is 5.24. The highest BCUT2D eigenvalue weighted by Gasteiger charge is 2.05. The standard InChI is InChI=1S/C7H8N2OS/c1-5(10)6-4-9-7(11-6)2-3-8/h4-5,10H,2H2,1H3. The molecule has 1 heterocycles. The number of hydrogen-bond donors (Lipinski definition) is 1. The zero-order valence-corrected chi connectivity index (χ0v) is 6.93. The summed E-state index contributed by atoms with van der Waals surface area (Å²) in [5, 5.41) is 18.2. The lowest BCUT2D eigenvalue weighted by Crippen LogP contribution is -1.83. The molecule has 0 bridgehead atoms. The molecule has 1 rings (SSSR count). The summed E-state index contributed by atoms with van der Waals surface area (Å²) in [5.41, 5.74) is 0. The first-order valence-corrected chi connectivity index (χ1v) is 4.05. The first-order valence-electron chi connectivity index (χ1n) is 3.23. The lowest BCUT2D eigenvalue weighted by molar-refractivity contribution is 0.203. The molecule has 1 N–H and O–H groups in total. The van der Waals surface area contributed by atoms with Crippen LogP contribution in [0.3, 0.4) is 0 Å². The molecule has 4 heteroatoms. The number of nitrogens with zero attached hydrogens (tertiary/aromatic N) is 2. The molecule has 0 aromatic carbocycles. The normalized spacial score (nSPS) is 12.5. The van der Waals surface area contributed by atoms with Gasteiger partial charge in [-0.25, -0.2) is 4.98 Å². The Hall–Kier alpha value is -0.920. The molecule has 0 aliphatic rings. The molecule has 11 heavy (non-hydrogen) atoms. The van der Waals surface area contributed by atoms with Gasteiger partial charge in [-0.2, -0.15) is 5.26 Å². The number of nitriles is 1. The minimum absolute atomic E-state index is 0.331. The first kappa shape index (κ1) is 8.18. The van der Waals surface area contributed by atoms with Crippen molar-refractivity contribution in [1.82, 2.24) is 4.98 Å². The van der Waals surface area contributed by atoms with Crippen molar-refractivity contribution >= 4 is 11.3 Å². The lowest BCUT2D eigenvalue weighted by atomic mass is 10.4. The van der Waals surface area contributed by atoms with Crippen LogP contribution in [0, 0.1) is 11.3 Å². The summed E-state index contributed by atoms with van der Waals surface area (Å²) in [6, 6.07) is 2.00. The van der Waals surface area contributed by atoms with Gasteiger partial charge in [-0.1, -0.05) is 0 Å². The largest absolute Gasteiger partial charge is 0.388 e. The third-order valence-electron chi connectivity index (χ3n) is 1.21. The third-order valence-corrected chi connectivity index (χ3v) is 2.38. The fourth-order valence-corrected chi connectivity index (χ4v) is 1.46. The van der Waals surface area contributed by atoms with Crippen molar-refractivity contribution in [3.05, 3.63) is 16.1 Å². The summed E-state index contributed by atoms with van der Waals surface area (Å²) >= 11 is 1.38. The number of aromatic nitrogens is 1. The van der Waals surface area contributed by atoms with Crippen molar-refractivity contribution in [2.45, 2.75) is 19.4 Å². The lowest BCUT2D eigenvalue weighted by Gasteiger charge is -1.94. The van der Waals surface area contributed by atoms with Crippen molar-refractivity contribution in [3.63, 3.8) is 0 Å². The van der Waals surface area contributed by atoms with E-state index in [2.05, 4.69) is 4.98 Å².